The fourth-order valence-corrected chi connectivity index (χ4v) is 8.79. The van der Waals surface area contributed by atoms with E-state index in [1.165, 1.54) is 87.5 Å². The molecule has 0 heterocycles. The van der Waals surface area contributed by atoms with Crippen LogP contribution in [0.2, 0.25) is 0 Å². The third-order valence-electron chi connectivity index (χ3n) is 10.1. The van der Waals surface area contributed by atoms with Gasteiger partial charge >= 0.3 is 37.7 Å². The first kappa shape index (κ1) is 47.6. The summed E-state index contributed by atoms with van der Waals surface area (Å²) in [6, 6.07) is 18.2. The summed E-state index contributed by atoms with van der Waals surface area (Å²) in [6.07, 6.45) is 22.0. The van der Waals surface area contributed by atoms with Crippen LogP contribution in [-0.2, 0) is 45.9 Å². The quantitative estimate of drug-likeness (QED) is 0.0445. The van der Waals surface area contributed by atoms with Crippen molar-refractivity contribution < 1.29 is 25.9 Å². The maximum Gasteiger partial charge on any atom is 2.00 e. The molecule has 0 bridgehead atoms. The van der Waals surface area contributed by atoms with Crippen LogP contribution in [-0.4, -0.2) is 63.7 Å². The summed E-state index contributed by atoms with van der Waals surface area (Å²) >= 11 is 0. The molecule has 9 heteroatoms. The first-order valence-electron chi connectivity index (χ1n) is 20.0. The summed E-state index contributed by atoms with van der Waals surface area (Å²) in [7, 11) is -8.97. The van der Waals surface area contributed by atoms with Gasteiger partial charge in [0, 0.05) is 10.8 Å². The van der Waals surface area contributed by atoms with Crippen molar-refractivity contribution in [1.29, 1.82) is 0 Å². The smallest absolute Gasteiger partial charge is 0.744 e. The predicted octanol–water partition coefficient (Wildman–Crippen LogP) is 11.6. The number of benzene rings is 4. The summed E-state index contributed by atoms with van der Waals surface area (Å²) in [6.45, 7) is 8.75. The van der Waals surface area contributed by atoms with Gasteiger partial charge in [-0.15, -0.1) is 0 Å². The van der Waals surface area contributed by atoms with E-state index < -0.39 is 20.2 Å². The maximum atomic E-state index is 11.8. The molecule has 0 spiro atoms. The Kier molecular flexibility index (Phi) is 22.4. The summed E-state index contributed by atoms with van der Waals surface area (Å²) in [5.41, 5.74) is 4.57. The molecule has 0 aliphatic heterocycles. The monoisotopic (exact) mass is 790 g/mol. The number of unbranched alkanes of at least 4 members (excludes halogenated alkanes) is 12. The molecule has 0 unspecified atom stereocenters. The minimum atomic E-state index is -4.48. The van der Waals surface area contributed by atoms with E-state index in [1.807, 2.05) is 24.3 Å². The Labute approximate surface area is 351 Å². The molecule has 0 atom stereocenters. The van der Waals surface area contributed by atoms with Crippen molar-refractivity contribution in [2.24, 2.45) is 0 Å². The van der Waals surface area contributed by atoms with E-state index in [1.54, 1.807) is 12.1 Å². The second-order valence-electron chi connectivity index (χ2n) is 14.3. The molecule has 0 fully saturated rings. The Morgan fingerprint density at radius 2 is 0.736 bits per heavy atom. The van der Waals surface area contributed by atoms with Gasteiger partial charge in [-0.05, 0) is 96.5 Å². The first-order valence-corrected chi connectivity index (χ1v) is 22.8. The fourth-order valence-electron chi connectivity index (χ4n) is 7.32. The molecular formula is C44H62CaO6S2. The van der Waals surface area contributed by atoms with Crippen LogP contribution in [0.3, 0.4) is 0 Å². The van der Waals surface area contributed by atoms with E-state index in [2.05, 4.69) is 39.8 Å². The van der Waals surface area contributed by atoms with Gasteiger partial charge in [0.1, 0.15) is 20.2 Å². The van der Waals surface area contributed by atoms with E-state index in [4.69, 9.17) is 0 Å². The molecule has 4 aromatic rings. The minimum absolute atomic E-state index is 0. The second-order valence-corrected chi connectivity index (χ2v) is 17.0. The number of hydrogen-bond donors (Lipinski definition) is 0. The summed E-state index contributed by atoms with van der Waals surface area (Å²) in [4.78, 5) is -0.119. The van der Waals surface area contributed by atoms with Gasteiger partial charge in [0.2, 0.25) is 0 Å². The number of aryl methyl sites for hydroxylation is 4. The van der Waals surface area contributed by atoms with Gasteiger partial charge in [-0.1, -0.05) is 153 Å². The predicted molar refractivity (Wildman–Crippen MR) is 221 cm³/mol. The molecule has 0 amide bonds. The zero-order chi connectivity index (χ0) is 38.0. The molecule has 0 aromatic heterocycles. The van der Waals surface area contributed by atoms with Gasteiger partial charge in [0.05, 0.1) is 9.79 Å². The standard InChI is InChI=1S/2C22H32O3S.Ca/c2*1-3-5-7-9-12-18-16-17-19-13-11-15-21(26(23,24)25)22(19)20(18)14-10-8-6-4-2;/h2*11,13,15-17H,3-10,12,14H2,1-2H3,(H,23,24,25);/q;;+2/p-2. The van der Waals surface area contributed by atoms with Crippen molar-refractivity contribution in [2.45, 2.75) is 166 Å². The third-order valence-corrected chi connectivity index (χ3v) is 11.9. The van der Waals surface area contributed by atoms with E-state index in [-0.39, 0.29) is 47.5 Å². The van der Waals surface area contributed by atoms with E-state index >= 15 is 0 Å². The average molecular weight is 791 g/mol. The zero-order valence-corrected chi connectivity index (χ0v) is 36.7. The van der Waals surface area contributed by atoms with Gasteiger partial charge < -0.3 is 9.11 Å². The van der Waals surface area contributed by atoms with Gasteiger partial charge in [0.15, 0.2) is 0 Å². The first-order chi connectivity index (χ1) is 25.0. The van der Waals surface area contributed by atoms with Gasteiger partial charge in [-0.25, -0.2) is 16.8 Å². The van der Waals surface area contributed by atoms with Crippen molar-refractivity contribution in [1.82, 2.24) is 0 Å². The Hall–Kier alpha value is -1.52. The van der Waals surface area contributed by atoms with Crippen LogP contribution in [0.15, 0.2) is 70.5 Å². The zero-order valence-electron chi connectivity index (χ0n) is 32.9. The molecular weight excluding hydrogens is 729 g/mol. The number of rotatable bonds is 22. The average Bonchev–Trinajstić information content (AvgIpc) is 3.12. The normalized spacial score (nSPS) is 11.7. The van der Waals surface area contributed by atoms with Crippen LogP contribution in [0, 0.1) is 0 Å². The Bertz CT molecular complexity index is 1770. The van der Waals surface area contributed by atoms with Gasteiger partial charge in [-0.3, -0.25) is 0 Å². The second kappa shape index (κ2) is 24.9. The summed E-state index contributed by atoms with van der Waals surface area (Å²) in [5, 5.41) is 3.02. The van der Waals surface area contributed by atoms with Crippen LogP contribution in [0.1, 0.15) is 153 Å². The summed E-state index contributed by atoms with van der Waals surface area (Å²) in [5.74, 6) is 0. The van der Waals surface area contributed by atoms with Crippen LogP contribution in [0.5, 0.6) is 0 Å². The van der Waals surface area contributed by atoms with Crippen molar-refractivity contribution in [2.75, 3.05) is 0 Å². The van der Waals surface area contributed by atoms with E-state index in [0.717, 1.165) is 86.1 Å². The molecule has 4 aromatic carbocycles. The minimum Gasteiger partial charge on any atom is -0.744 e. The van der Waals surface area contributed by atoms with Crippen LogP contribution < -0.4 is 0 Å². The SMILES string of the molecule is CCCCCCc1ccc2cccc(S(=O)(=O)[O-])c2c1CCCCCC.CCCCCCc1ccc2cccc(S(=O)(=O)[O-])c2c1CCCCCC.[Ca+2]. The van der Waals surface area contributed by atoms with E-state index in [9.17, 15) is 25.9 Å². The Morgan fingerprint density at radius 1 is 0.415 bits per heavy atom. The molecule has 6 nitrogen and oxygen atoms in total. The number of hydrogen-bond acceptors (Lipinski definition) is 6. The number of fused-ring (bicyclic) bond motifs is 2. The maximum absolute atomic E-state index is 11.8. The van der Waals surface area contributed by atoms with Gasteiger partial charge in [0.25, 0.3) is 0 Å². The Morgan fingerprint density at radius 3 is 1.04 bits per heavy atom. The van der Waals surface area contributed by atoms with Crippen molar-refractivity contribution >= 4 is 79.5 Å². The van der Waals surface area contributed by atoms with Crippen molar-refractivity contribution in [3.63, 3.8) is 0 Å². The molecule has 53 heavy (non-hydrogen) atoms. The molecule has 0 radical (unpaired) electrons. The van der Waals surface area contributed by atoms with Crippen molar-refractivity contribution in [3.05, 3.63) is 82.9 Å². The molecule has 4 rings (SSSR count). The largest absolute Gasteiger partial charge is 2.00 e. The molecule has 0 N–H and O–H groups in total. The molecule has 0 saturated heterocycles. The molecule has 288 valence electrons. The fraction of sp³-hybridized carbons (Fsp3) is 0.545. The van der Waals surface area contributed by atoms with Crippen LogP contribution >= 0.6 is 0 Å². The molecule has 0 aliphatic rings. The van der Waals surface area contributed by atoms with Gasteiger partial charge in [-0.2, -0.15) is 0 Å². The Balaban J connectivity index is 0.000000360. The van der Waals surface area contributed by atoms with E-state index in [0.29, 0.717) is 10.8 Å². The van der Waals surface area contributed by atoms with Crippen LogP contribution in [0.25, 0.3) is 21.5 Å². The van der Waals surface area contributed by atoms with Crippen LogP contribution in [0.4, 0.5) is 0 Å². The van der Waals surface area contributed by atoms with Crippen molar-refractivity contribution in [3.8, 4) is 0 Å². The molecule has 0 aliphatic carbocycles. The third kappa shape index (κ3) is 15.2. The molecule has 0 saturated carbocycles. The topological polar surface area (TPSA) is 114 Å². The summed E-state index contributed by atoms with van der Waals surface area (Å²) < 4.78 is 71.0.